The molecule has 0 aliphatic carbocycles. The molecule has 1 rings (SSSR count). The molecule has 0 heterocycles. The SMILES string of the molecule is CCCC(NC/C=C/c1ccccc1[N+](=O)[O-])C(=O)O. The average Bonchev–Trinajstić information content (AvgIpc) is 2.42. The third-order valence-corrected chi connectivity index (χ3v) is 2.79. The van der Waals surface area contributed by atoms with E-state index >= 15 is 0 Å². The van der Waals surface area contributed by atoms with Crippen LogP contribution in [0, 0.1) is 10.1 Å². The number of para-hydroxylation sites is 1. The number of rotatable bonds is 8. The Balaban J connectivity index is 2.61. The summed E-state index contributed by atoms with van der Waals surface area (Å²) in [5.74, 6) is -0.883. The molecule has 1 atom stereocenters. The molecule has 0 aromatic heterocycles. The van der Waals surface area contributed by atoms with E-state index in [1.54, 1.807) is 30.4 Å². The summed E-state index contributed by atoms with van der Waals surface area (Å²) >= 11 is 0. The molecule has 2 N–H and O–H groups in total. The van der Waals surface area contributed by atoms with Crippen molar-refractivity contribution in [2.24, 2.45) is 0 Å². The summed E-state index contributed by atoms with van der Waals surface area (Å²) in [5, 5.41) is 22.7. The Morgan fingerprint density at radius 3 is 2.80 bits per heavy atom. The van der Waals surface area contributed by atoms with Crippen molar-refractivity contribution in [1.82, 2.24) is 5.32 Å². The summed E-state index contributed by atoms with van der Waals surface area (Å²) in [5.41, 5.74) is 0.536. The molecule has 0 saturated carbocycles. The number of nitro groups is 1. The number of carboxylic acid groups (broad SMARTS) is 1. The Bertz CT molecular complexity index is 500. The molecule has 6 nitrogen and oxygen atoms in total. The van der Waals surface area contributed by atoms with Gasteiger partial charge in [0.25, 0.3) is 5.69 Å². The van der Waals surface area contributed by atoms with Gasteiger partial charge in [0.2, 0.25) is 0 Å². The molecule has 0 bridgehead atoms. The van der Waals surface area contributed by atoms with E-state index in [-0.39, 0.29) is 5.69 Å². The fraction of sp³-hybridized carbons (Fsp3) is 0.357. The first-order valence-corrected chi connectivity index (χ1v) is 6.42. The zero-order valence-electron chi connectivity index (χ0n) is 11.3. The van der Waals surface area contributed by atoms with Crippen LogP contribution in [0.1, 0.15) is 25.3 Å². The molecule has 108 valence electrons. The minimum atomic E-state index is -0.883. The fourth-order valence-corrected chi connectivity index (χ4v) is 1.79. The quantitative estimate of drug-likeness (QED) is 0.563. The van der Waals surface area contributed by atoms with Gasteiger partial charge in [0.05, 0.1) is 10.5 Å². The van der Waals surface area contributed by atoms with Crippen LogP contribution in [-0.4, -0.2) is 28.6 Å². The van der Waals surface area contributed by atoms with E-state index in [4.69, 9.17) is 5.11 Å². The summed E-state index contributed by atoms with van der Waals surface area (Å²) in [4.78, 5) is 21.3. The fourth-order valence-electron chi connectivity index (χ4n) is 1.79. The largest absolute Gasteiger partial charge is 0.480 e. The van der Waals surface area contributed by atoms with Crippen LogP contribution in [0.4, 0.5) is 5.69 Å². The first kappa shape index (κ1) is 15.8. The zero-order valence-corrected chi connectivity index (χ0v) is 11.3. The molecule has 20 heavy (non-hydrogen) atoms. The molecular formula is C14H18N2O4. The number of aliphatic carboxylic acids is 1. The van der Waals surface area contributed by atoms with Crippen LogP contribution >= 0.6 is 0 Å². The van der Waals surface area contributed by atoms with Crippen LogP contribution in [0.5, 0.6) is 0 Å². The number of nitro benzene ring substituents is 1. The lowest BCUT2D eigenvalue weighted by atomic mass is 10.1. The van der Waals surface area contributed by atoms with Crippen LogP contribution < -0.4 is 5.32 Å². The highest BCUT2D eigenvalue weighted by atomic mass is 16.6. The molecule has 1 unspecified atom stereocenters. The third-order valence-electron chi connectivity index (χ3n) is 2.79. The molecule has 1 aromatic rings. The van der Waals surface area contributed by atoms with Crippen LogP contribution in [-0.2, 0) is 4.79 Å². The van der Waals surface area contributed by atoms with Crippen molar-refractivity contribution in [3.63, 3.8) is 0 Å². The highest BCUT2D eigenvalue weighted by molar-refractivity contribution is 5.73. The lowest BCUT2D eigenvalue weighted by Crippen LogP contribution is -2.36. The maximum atomic E-state index is 10.9. The first-order chi connectivity index (χ1) is 9.56. The predicted molar refractivity (Wildman–Crippen MR) is 76.5 cm³/mol. The van der Waals surface area contributed by atoms with Gasteiger partial charge in [0.1, 0.15) is 6.04 Å². The standard InChI is InChI=1S/C14H18N2O4/c1-2-6-12(14(17)18)15-10-5-8-11-7-3-4-9-13(11)16(19)20/h3-5,7-9,12,15H,2,6,10H2,1H3,(H,17,18)/b8-5+. The molecule has 0 aliphatic rings. The van der Waals surface area contributed by atoms with Crippen molar-refractivity contribution in [3.8, 4) is 0 Å². The smallest absolute Gasteiger partial charge is 0.320 e. The molecule has 1 aromatic carbocycles. The summed E-state index contributed by atoms with van der Waals surface area (Å²) in [6.07, 6.45) is 4.64. The van der Waals surface area contributed by atoms with Gasteiger partial charge in [-0.3, -0.25) is 14.9 Å². The molecule has 0 spiro atoms. The van der Waals surface area contributed by atoms with Crippen molar-refractivity contribution in [1.29, 1.82) is 0 Å². The third kappa shape index (κ3) is 4.81. The number of carboxylic acids is 1. The highest BCUT2D eigenvalue weighted by Crippen LogP contribution is 2.18. The minimum absolute atomic E-state index is 0.0343. The Hall–Kier alpha value is -2.21. The van der Waals surface area contributed by atoms with Crippen molar-refractivity contribution in [2.45, 2.75) is 25.8 Å². The Labute approximate surface area is 117 Å². The van der Waals surface area contributed by atoms with Crippen molar-refractivity contribution < 1.29 is 14.8 Å². The molecule has 0 aliphatic heterocycles. The second kappa shape index (κ2) is 8.06. The molecule has 0 radical (unpaired) electrons. The summed E-state index contributed by atoms with van der Waals surface area (Å²) in [6.45, 7) is 2.27. The summed E-state index contributed by atoms with van der Waals surface area (Å²) in [7, 11) is 0. The summed E-state index contributed by atoms with van der Waals surface area (Å²) in [6, 6.07) is 5.82. The lowest BCUT2D eigenvalue weighted by molar-refractivity contribution is -0.385. The van der Waals surface area contributed by atoms with Gasteiger partial charge < -0.3 is 10.4 Å². The highest BCUT2D eigenvalue weighted by Gasteiger charge is 2.14. The van der Waals surface area contributed by atoms with Gasteiger partial charge in [-0.2, -0.15) is 0 Å². The zero-order chi connectivity index (χ0) is 15.0. The Morgan fingerprint density at radius 1 is 1.50 bits per heavy atom. The van der Waals surface area contributed by atoms with Gasteiger partial charge in [0, 0.05) is 12.6 Å². The second-order valence-electron chi connectivity index (χ2n) is 4.31. The molecule has 6 heteroatoms. The number of benzene rings is 1. The van der Waals surface area contributed by atoms with Gasteiger partial charge in [-0.15, -0.1) is 0 Å². The number of nitrogens with zero attached hydrogens (tertiary/aromatic N) is 1. The molecule has 0 amide bonds. The summed E-state index contributed by atoms with van der Waals surface area (Å²) < 4.78 is 0. The maximum absolute atomic E-state index is 10.9. The topological polar surface area (TPSA) is 92.5 Å². The number of hydrogen-bond acceptors (Lipinski definition) is 4. The lowest BCUT2D eigenvalue weighted by Gasteiger charge is -2.11. The minimum Gasteiger partial charge on any atom is -0.480 e. The van der Waals surface area contributed by atoms with Crippen molar-refractivity contribution in [3.05, 3.63) is 46.0 Å². The van der Waals surface area contributed by atoms with Gasteiger partial charge >= 0.3 is 5.97 Å². The van der Waals surface area contributed by atoms with Gasteiger partial charge in [-0.05, 0) is 12.5 Å². The average molecular weight is 278 g/mol. The van der Waals surface area contributed by atoms with E-state index in [9.17, 15) is 14.9 Å². The van der Waals surface area contributed by atoms with E-state index in [0.717, 1.165) is 6.42 Å². The van der Waals surface area contributed by atoms with E-state index in [1.807, 2.05) is 6.92 Å². The van der Waals surface area contributed by atoms with Crippen LogP contribution in [0.15, 0.2) is 30.3 Å². The van der Waals surface area contributed by atoms with Crippen LogP contribution in [0.25, 0.3) is 6.08 Å². The van der Waals surface area contributed by atoms with Crippen LogP contribution in [0.3, 0.4) is 0 Å². The van der Waals surface area contributed by atoms with E-state index in [1.165, 1.54) is 6.07 Å². The predicted octanol–water partition coefficient (Wildman–Crippen LogP) is 2.45. The normalized spacial score (nSPS) is 12.4. The first-order valence-electron chi connectivity index (χ1n) is 6.42. The Kier molecular flexibility index (Phi) is 6.39. The van der Waals surface area contributed by atoms with Crippen LogP contribution in [0.2, 0.25) is 0 Å². The van der Waals surface area contributed by atoms with E-state index in [2.05, 4.69) is 5.32 Å². The van der Waals surface area contributed by atoms with E-state index < -0.39 is 16.9 Å². The van der Waals surface area contributed by atoms with Gasteiger partial charge in [-0.1, -0.05) is 37.6 Å². The number of carbonyl (C=O) groups is 1. The van der Waals surface area contributed by atoms with E-state index in [0.29, 0.717) is 18.5 Å². The monoisotopic (exact) mass is 278 g/mol. The molecular weight excluding hydrogens is 260 g/mol. The number of nitrogens with one attached hydrogen (secondary N) is 1. The van der Waals surface area contributed by atoms with Gasteiger partial charge in [-0.25, -0.2) is 0 Å². The van der Waals surface area contributed by atoms with Gasteiger partial charge in [0.15, 0.2) is 0 Å². The molecule has 0 fully saturated rings. The second-order valence-corrected chi connectivity index (χ2v) is 4.31. The molecule has 0 saturated heterocycles. The van der Waals surface area contributed by atoms with Crippen molar-refractivity contribution >= 4 is 17.7 Å². The van der Waals surface area contributed by atoms with Crippen molar-refractivity contribution in [2.75, 3.05) is 6.54 Å². The number of hydrogen-bond donors (Lipinski definition) is 2. The maximum Gasteiger partial charge on any atom is 0.320 e. The Morgan fingerprint density at radius 2 is 2.20 bits per heavy atom.